The summed E-state index contributed by atoms with van der Waals surface area (Å²) in [6.45, 7) is 4.47. The van der Waals surface area contributed by atoms with E-state index in [4.69, 9.17) is 5.73 Å². The van der Waals surface area contributed by atoms with Crippen LogP contribution in [0.5, 0.6) is 0 Å². The standard InChI is InChI=1S/C13H23N5OS/c1-4-15-13-16-11(14)10(20-13)12(19)18-7-5-6-9(18)8-17(2)3/h9H,4-8,14H2,1-3H3,(H,15,16). The Balaban J connectivity index is 2.13. The topological polar surface area (TPSA) is 74.5 Å². The smallest absolute Gasteiger partial charge is 0.268 e. The highest BCUT2D eigenvalue weighted by Crippen LogP contribution is 2.29. The van der Waals surface area contributed by atoms with E-state index in [9.17, 15) is 4.79 Å². The number of nitrogens with two attached hydrogens (primary N) is 1. The predicted octanol–water partition coefficient (Wildman–Crippen LogP) is 1.32. The van der Waals surface area contributed by atoms with E-state index in [2.05, 4.69) is 15.2 Å². The Morgan fingerprint density at radius 3 is 3.00 bits per heavy atom. The van der Waals surface area contributed by atoms with Gasteiger partial charge in [-0.15, -0.1) is 0 Å². The van der Waals surface area contributed by atoms with Gasteiger partial charge in [-0.2, -0.15) is 0 Å². The lowest BCUT2D eigenvalue weighted by molar-refractivity contribution is 0.0722. The Labute approximate surface area is 124 Å². The van der Waals surface area contributed by atoms with Crippen LogP contribution >= 0.6 is 11.3 Å². The van der Waals surface area contributed by atoms with E-state index in [1.54, 1.807) is 0 Å². The van der Waals surface area contributed by atoms with E-state index < -0.39 is 0 Å². The highest BCUT2D eigenvalue weighted by atomic mass is 32.1. The number of anilines is 2. The third-order valence-electron chi connectivity index (χ3n) is 3.39. The van der Waals surface area contributed by atoms with Gasteiger partial charge in [0.2, 0.25) is 0 Å². The molecule has 1 fully saturated rings. The second-order valence-corrected chi connectivity index (χ2v) is 6.32. The molecule has 0 bridgehead atoms. The van der Waals surface area contributed by atoms with Crippen LogP contribution in [-0.4, -0.2) is 60.5 Å². The van der Waals surface area contributed by atoms with Crippen molar-refractivity contribution < 1.29 is 4.79 Å². The molecule has 1 atom stereocenters. The Bertz CT molecular complexity index is 473. The SMILES string of the molecule is CCNc1nc(N)c(C(=O)N2CCCC2CN(C)C)s1. The Hall–Kier alpha value is -1.34. The number of aromatic nitrogens is 1. The van der Waals surface area contributed by atoms with Gasteiger partial charge < -0.3 is 20.9 Å². The lowest BCUT2D eigenvalue weighted by Gasteiger charge is -2.26. The van der Waals surface area contributed by atoms with Gasteiger partial charge in [0.15, 0.2) is 5.13 Å². The molecule has 0 aromatic carbocycles. The average Bonchev–Trinajstić information content (AvgIpc) is 2.95. The first-order valence-electron chi connectivity index (χ1n) is 6.98. The summed E-state index contributed by atoms with van der Waals surface area (Å²) in [7, 11) is 4.07. The van der Waals surface area contributed by atoms with Crippen LogP contribution in [0.2, 0.25) is 0 Å². The molecule has 0 radical (unpaired) electrons. The van der Waals surface area contributed by atoms with Crippen LogP contribution in [-0.2, 0) is 0 Å². The number of thiazole rings is 1. The van der Waals surface area contributed by atoms with E-state index in [1.165, 1.54) is 11.3 Å². The van der Waals surface area contributed by atoms with Gasteiger partial charge in [-0.05, 0) is 33.9 Å². The van der Waals surface area contributed by atoms with Gasteiger partial charge in [0.05, 0.1) is 0 Å². The molecule has 0 spiro atoms. The van der Waals surface area contributed by atoms with Crippen LogP contribution < -0.4 is 11.1 Å². The van der Waals surface area contributed by atoms with Crippen LogP contribution in [0.4, 0.5) is 10.9 Å². The zero-order chi connectivity index (χ0) is 14.7. The average molecular weight is 297 g/mol. The van der Waals surface area contributed by atoms with E-state index in [1.807, 2.05) is 25.9 Å². The number of hydrogen-bond donors (Lipinski definition) is 2. The molecule has 1 aromatic heterocycles. The second-order valence-electron chi connectivity index (χ2n) is 5.32. The normalized spacial score (nSPS) is 18.8. The molecule has 2 rings (SSSR count). The summed E-state index contributed by atoms with van der Waals surface area (Å²) in [5.41, 5.74) is 5.89. The molecule has 1 aromatic rings. The number of nitrogens with zero attached hydrogens (tertiary/aromatic N) is 3. The van der Waals surface area contributed by atoms with Gasteiger partial charge in [-0.3, -0.25) is 4.79 Å². The molecule has 1 aliphatic rings. The zero-order valence-electron chi connectivity index (χ0n) is 12.3. The Morgan fingerprint density at radius 1 is 1.60 bits per heavy atom. The summed E-state index contributed by atoms with van der Waals surface area (Å²) >= 11 is 1.35. The molecule has 1 saturated heterocycles. The lowest BCUT2D eigenvalue weighted by atomic mass is 10.2. The minimum absolute atomic E-state index is 0.0218. The van der Waals surface area contributed by atoms with Gasteiger partial charge in [0.1, 0.15) is 10.7 Å². The summed E-state index contributed by atoms with van der Waals surface area (Å²) < 4.78 is 0. The fraction of sp³-hybridized carbons (Fsp3) is 0.692. The van der Waals surface area contributed by atoms with Crippen molar-refractivity contribution in [1.82, 2.24) is 14.8 Å². The second kappa shape index (κ2) is 6.41. The minimum atomic E-state index is 0.0218. The Kier molecular flexibility index (Phi) is 4.82. The van der Waals surface area contributed by atoms with Crippen molar-refractivity contribution in [2.45, 2.75) is 25.8 Å². The van der Waals surface area contributed by atoms with Crippen LogP contribution in [0.3, 0.4) is 0 Å². The maximum absolute atomic E-state index is 12.6. The monoisotopic (exact) mass is 297 g/mol. The molecule has 7 heteroatoms. The van der Waals surface area contributed by atoms with E-state index >= 15 is 0 Å². The molecular formula is C13H23N5OS. The summed E-state index contributed by atoms with van der Waals surface area (Å²) in [6.07, 6.45) is 2.12. The van der Waals surface area contributed by atoms with Crippen molar-refractivity contribution in [2.24, 2.45) is 0 Å². The molecule has 1 amide bonds. The molecule has 1 unspecified atom stereocenters. The van der Waals surface area contributed by atoms with Gasteiger partial charge in [0, 0.05) is 25.7 Å². The lowest BCUT2D eigenvalue weighted by Crippen LogP contribution is -2.41. The molecule has 112 valence electrons. The third kappa shape index (κ3) is 3.21. The van der Waals surface area contributed by atoms with Crippen LogP contribution in [0.25, 0.3) is 0 Å². The van der Waals surface area contributed by atoms with E-state index in [-0.39, 0.29) is 11.9 Å². The number of rotatable bonds is 5. The van der Waals surface area contributed by atoms with E-state index in [0.29, 0.717) is 10.7 Å². The summed E-state index contributed by atoms with van der Waals surface area (Å²) in [6, 6.07) is 0.279. The van der Waals surface area contributed by atoms with Gasteiger partial charge in [-0.1, -0.05) is 11.3 Å². The van der Waals surface area contributed by atoms with Gasteiger partial charge >= 0.3 is 0 Å². The molecule has 2 heterocycles. The van der Waals surface area contributed by atoms with Crippen molar-refractivity contribution in [3.05, 3.63) is 4.88 Å². The highest BCUT2D eigenvalue weighted by molar-refractivity contribution is 7.18. The van der Waals surface area contributed by atoms with Crippen molar-refractivity contribution >= 4 is 28.2 Å². The van der Waals surface area contributed by atoms with Crippen molar-refractivity contribution in [3.63, 3.8) is 0 Å². The summed E-state index contributed by atoms with van der Waals surface area (Å²) in [5, 5.41) is 3.83. The first-order valence-corrected chi connectivity index (χ1v) is 7.80. The highest BCUT2D eigenvalue weighted by Gasteiger charge is 2.32. The Morgan fingerprint density at radius 2 is 2.35 bits per heavy atom. The number of likely N-dealkylation sites (tertiary alicyclic amines) is 1. The fourth-order valence-corrected chi connectivity index (χ4v) is 3.47. The number of nitrogen functional groups attached to an aromatic ring is 1. The first-order chi connectivity index (χ1) is 9.52. The number of likely N-dealkylation sites (N-methyl/N-ethyl adjacent to an activating group) is 1. The van der Waals surface area contributed by atoms with Gasteiger partial charge in [-0.25, -0.2) is 4.98 Å². The van der Waals surface area contributed by atoms with Crippen LogP contribution in [0, 0.1) is 0 Å². The predicted molar refractivity (Wildman–Crippen MR) is 83.3 cm³/mol. The molecular weight excluding hydrogens is 274 g/mol. The molecule has 6 nitrogen and oxygen atoms in total. The molecule has 20 heavy (non-hydrogen) atoms. The zero-order valence-corrected chi connectivity index (χ0v) is 13.2. The maximum Gasteiger partial charge on any atom is 0.268 e. The number of amides is 1. The molecule has 3 N–H and O–H groups in total. The quantitative estimate of drug-likeness (QED) is 0.857. The third-order valence-corrected chi connectivity index (χ3v) is 4.41. The van der Waals surface area contributed by atoms with Crippen molar-refractivity contribution in [3.8, 4) is 0 Å². The largest absolute Gasteiger partial charge is 0.382 e. The van der Waals surface area contributed by atoms with Crippen LogP contribution in [0.15, 0.2) is 0 Å². The number of nitrogens with one attached hydrogen (secondary N) is 1. The molecule has 0 saturated carbocycles. The number of carbonyl (C=O) groups is 1. The first kappa shape index (κ1) is 15.1. The minimum Gasteiger partial charge on any atom is -0.382 e. The van der Waals surface area contributed by atoms with Gasteiger partial charge in [0.25, 0.3) is 5.91 Å². The molecule has 0 aliphatic carbocycles. The number of hydrogen-bond acceptors (Lipinski definition) is 6. The van der Waals surface area contributed by atoms with Crippen LogP contribution in [0.1, 0.15) is 29.4 Å². The molecule has 1 aliphatic heterocycles. The van der Waals surface area contributed by atoms with E-state index in [0.717, 1.165) is 37.6 Å². The number of carbonyl (C=O) groups excluding carboxylic acids is 1. The maximum atomic E-state index is 12.6. The summed E-state index contributed by atoms with van der Waals surface area (Å²) in [5.74, 6) is 0.361. The fourth-order valence-electron chi connectivity index (χ4n) is 2.56. The summed E-state index contributed by atoms with van der Waals surface area (Å²) in [4.78, 5) is 21.5. The van der Waals surface area contributed by atoms with Crippen molar-refractivity contribution in [2.75, 3.05) is 44.8 Å². The van der Waals surface area contributed by atoms with Crippen molar-refractivity contribution in [1.29, 1.82) is 0 Å².